The zero-order chi connectivity index (χ0) is 19.8. The molecule has 0 aliphatic rings. The Kier molecular flexibility index (Phi) is 3.99. The lowest BCUT2D eigenvalue weighted by Crippen LogP contribution is -2.07. The zero-order valence-corrected chi connectivity index (χ0v) is 15.1. The Morgan fingerprint density at radius 1 is 1.00 bits per heavy atom. The van der Waals surface area contributed by atoms with E-state index < -0.39 is 6.10 Å². The van der Waals surface area contributed by atoms with Gasteiger partial charge in [0.2, 0.25) is 5.95 Å². The van der Waals surface area contributed by atoms with Crippen LogP contribution in [0.5, 0.6) is 0 Å². The quantitative estimate of drug-likeness (QED) is 0.373. The predicted molar refractivity (Wildman–Crippen MR) is 107 cm³/mol. The molecule has 0 aromatic carbocycles. The third-order valence-electron chi connectivity index (χ3n) is 4.70. The lowest BCUT2D eigenvalue weighted by atomic mass is 10.0. The van der Waals surface area contributed by atoms with E-state index in [0.29, 0.717) is 17.0 Å². The molecule has 29 heavy (non-hydrogen) atoms. The van der Waals surface area contributed by atoms with E-state index in [0.717, 1.165) is 27.7 Å². The van der Waals surface area contributed by atoms with Crippen LogP contribution in [-0.2, 0) is 0 Å². The van der Waals surface area contributed by atoms with Gasteiger partial charge in [0.15, 0.2) is 0 Å². The van der Waals surface area contributed by atoms with Gasteiger partial charge in [-0.15, -0.1) is 0 Å². The van der Waals surface area contributed by atoms with E-state index in [-0.39, 0.29) is 5.95 Å². The van der Waals surface area contributed by atoms with Crippen molar-refractivity contribution in [2.75, 3.05) is 5.73 Å². The van der Waals surface area contributed by atoms with Crippen LogP contribution in [0.2, 0.25) is 0 Å². The number of rotatable bonds is 4. The summed E-state index contributed by atoms with van der Waals surface area (Å²) in [7, 11) is 0. The third kappa shape index (κ3) is 3.09. The molecule has 1 atom stereocenters. The van der Waals surface area contributed by atoms with Crippen molar-refractivity contribution in [1.29, 1.82) is 0 Å². The molecule has 0 aliphatic heterocycles. The highest BCUT2D eigenvalue weighted by Crippen LogP contribution is 2.31. The largest absolute Gasteiger partial charge is 0.382 e. The van der Waals surface area contributed by atoms with E-state index >= 15 is 0 Å². The van der Waals surface area contributed by atoms with E-state index in [2.05, 4.69) is 35.1 Å². The first-order chi connectivity index (χ1) is 14.2. The number of pyridine rings is 2. The number of nitrogens with two attached hydrogens (primary N) is 1. The molecular formula is C20H16N8O. The van der Waals surface area contributed by atoms with Crippen LogP contribution in [0.4, 0.5) is 5.95 Å². The molecular weight excluding hydrogens is 368 g/mol. The number of aromatic amines is 2. The summed E-state index contributed by atoms with van der Waals surface area (Å²) in [6, 6.07) is 7.20. The fourth-order valence-corrected chi connectivity index (χ4v) is 3.26. The first-order valence-corrected chi connectivity index (χ1v) is 8.88. The van der Waals surface area contributed by atoms with Gasteiger partial charge < -0.3 is 15.8 Å². The lowest BCUT2D eigenvalue weighted by Gasteiger charge is -2.12. The number of H-pyrrole nitrogens is 2. The maximum Gasteiger partial charge on any atom is 0.220 e. The zero-order valence-electron chi connectivity index (χ0n) is 15.1. The van der Waals surface area contributed by atoms with Gasteiger partial charge in [-0.25, -0.2) is 15.0 Å². The fourth-order valence-electron chi connectivity index (χ4n) is 3.26. The second-order valence-corrected chi connectivity index (χ2v) is 6.53. The average Bonchev–Trinajstić information content (AvgIpc) is 3.43. The standard InChI is InChI=1S/C20H16N8O/c21-20-27-16(6-17(28-20)18(29)11-1-3-22-4-2-11)15-10-24-19-14(15)5-12(7-23-19)13-8-25-26-9-13/h1-10,18,29H,(H,23,24)(H,25,26)(H2,21,27,28). The lowest BCUT2D eigenvalue weighted by molar-refractivity contribution is 0.215. The molecule has 5 aromatic heterocycles. The van der Waals surface area contributed by atoms with Crippen molar-refractivity contribution < 1.29 is 5.11 Å². The summed E-state index contributed by atoms with van der Waals surface area (Å²) >= 11 is 0. The summed E-state index contributed by atoms with van der Waals surface area (Å²) in [5.74, 6) is 0.0823. The molecule has 5 N–H and O–H groups in total. The molecule has 0 amide bonds. The van der Waals surface area contributed by atoms with E-state index in [1.54, 1.807) is 49.2 Å². The Morgan fingerprint density at radius 3 is 2.66 bits per heavy atom. The minimum Gasteiger partial charge on any atom is -0.382 e. The number of aliphatic hydroxyl groups is 1. The van der Waals surface area contributed by atoms with E-state index in [1.807, 2.05) is 12.3 Å². The van der Waals surface area contributed by atoms with Crippen LogP contribution in [0.3, 0.4) is 0 Å². The SMILES string of the molecule is Nc1nc(-c2c[nH]c3ncc(-c4cn[nH]c4)cc23)cc(C(O)c2ccncc2)n1. The first-order valence-electron chi connectivity index (χ1n) is 8.88. The van der Waals surface area contributed by atoms with Gasteiger partial charge in [-0.1, -0.05) is 0 Å². The van der Waals surface area contributed by atoms with Gasteiger partial charge in [0.25, 0.3) is 0 Å². The normalized spacial score (nSPS) is 12.3. The Labute approximate surface area is 164 Å². The van der Waals surface area contributed by atoms with Crippen molar-refractivity contribution in [2.24, 2.45) is 0 Å². The highest BCUT2D eigenvalue weighted by Gasteiger charge is 2.17. The fraction of sp³-hybridized carbons (Fsp3) is 0.0500. The van der Waals surface area contributed by atoms with Crippen LogP contribution in [0.25, 0.3) is 33.4 Å². The Balaban J connectivity index is 1.61. The number of hydrogen-bond acceptors (Lipinski definition) is 7. The summed E-state index contributed by atoms with van der Waals surface area (Å²) in [4.78, 5) is 20.2. The number of aliphatic hydroxyl groups excluding tert-OH is 1. The van der Waals surface area contributed by atoms with Crippen LogP contribution in [0.15, 0.2) is 61.4 Å². The number of fused-ring (bicyclic) bond motifs is 1. The van der Waals surface area contributed by atoms with Gasteiger partial charge in [-0.2, -0.15) is 5.10 Å². The third-order valence-corrected chi connectivity index (χ3v) is 4.70. The van der Waals surface area contributed by atoms with Gasteiger partial charge >= 0.3 is 0 Å². The second-order valence-electron chi connectivity index (χ2n) is 6.53. The maximum atomic E-state index is 10.7. The second kappa shape index (κ2) is 6.80. The van der Waals surface area contributed by atoms with Gasteiger partial charge in [-0.3, -0.25) is 10.1 Å². The van der Waals surface area contributed by atoms with Crippen LogP contribution in [0.1, 0.15) is 17.4 Å². The molecule has 142 valence electrons. The number of nitrogen functional groups attached to an aromatic ring is 1. The molecule has 0 bridgehead atoms. The first kappa shape index (κ1) is 17.0. The maximum absolute atomic E-state index is 10.7. The molecule has 0 saturated heterocycles. The van der Waals surface area contributed by atoms with Crippen molar-refractivity contribution in [3.05, 3.63) is 72.7 Å². The highest BCUT2D eigenvalue weighted by atomic mass is 16.3. The van der Waals surface area contributed by atoms with Crippen molar-refractivity contribution in [3.63, 3.8) is 0 Å². The van der Waals surface area contributed by atoms with E-state index in [4.69, 9.17) is 5.73 Å². The predicted octanol–water partition coefficient (Wildman–Crippen LogP) is 2.47. The van der Waals surface area contributed by atoms with Crippen molar-refractivity contribution in [1.82, 2.24) is 35.1 Å². The molecule has 9 nitrogen and oxygen atoms in total. The van der Waals surface area contributed by atoms with Crippen molar-refractivity contribution in [3.8, 4) is 22.4 Å². The van der Waals surface area contributed by atoms with Gasteiger partial charge in [0, 0.05) is 53.1 Å². The summed E-state index contributed by atoms with van der Waals surface area (Å²) in [5, 5.41) is 18.4. The van der Waals surface area contributed by atoms with Crippen LogP contribution in [-0.4, -0.2) is 40.2 Å². The summed E-state index contributed by atoms with van der Waals surface area (Å²) in [6.45, 7) is 0. The Bertz CT molecular complexity index is 1280. The summed E-state index contributed by atoms with van der Waals surface area (Å²) < 4.78 is 0. The van der Waals surface area contributed by atoms with Crippen LogP contribution < -0.4 is 5.73 Å². The molecule has 0 fully saturated rings. The number of anilines is 1. The summed E-state index contributed by atoms with van der Waals surface area (Å²) in [6.07, 6.45) is 9.44. The topological polar surface area (TPSA) is 142 Å². The number of hydrogen-bond donors (Lipinski definition) is 4. The van der Waals surface area contributed by atoms with Crippen molar-refractivity contribution >= 4 is 17.0 Å². The monoisotopic (exact) mass is 384 g/mol. The van der Waals surface area contributed by atoms with Crippen molar-refractivity contribution in [2.45, 2.75) is 6.10 Å². The minimum atomic E-state index is -0.938. The molecule has 1 unspecified atom stereocenters. The molecule has 5 rings (SSSR count). The van der Waals surface area contributed by atoms with Gasteiger partial charge in [-0.05, 0) is 29.8 Å². The van der Waals surface area contributed by atoms with Gasteiger partial charge in [0.05, 0.1) is 17.6 Å². The Hall–Kier alpha value is -4.11. The molecule has 9 heteroatoms. The molecule has 0 saturated carbocycles. The average molecular weight is 384 g/mol. The van der Waals surface area contributed by atoms with Crippen LogP contribution in [0, 0.1) is 0 Å². The molecule has 5 aromatic rings. The smallest absolute Gasteiger partial charge is 0.220 e. The van der Waals surface area contributed by atoms with E-state index in [1.165, 1.54) is 0 Å². The van der Waals surface area contributed by atoms with Crippen LogP contribution >= 0.6 is 0 Å². The number of nitrogens with zero attached hydrogens (tertiary/aromatic N) is 5. The number of aromatic nitrogens is 7. The molecule has 0 spiro atoms. The molecule has 0 aliphatic carbocycles. The minimum absolute atomic E-state index is 0.0823. The summed E-state index contributed by atoms with van der Waals surface area (Å²) in [5.41, 5.74) is 11.0. The Morgan fingerprint density at radius 2 is 1.86 bits per heavy atom. The van der Waals surface area contributed by atoms with Gasteiger partial charge in [0.1, 0.15) is 11.8 Å². The molecule has 0 radical (unpaired) electrons. The number of nitrogens with one attached hydrogen (secondary N) is 2. The highest BCUT2D eigenvalue weighted by molar-refractivity contribution is 5.95. The molecule has 5 heterocycles. The van der Waals surface area contributed by atoms with E-state index in [9.17, 15) is 5.11 Å².